The van der Waals surface area contributed by atoms with Gasteiger partial charge in [0, 0.05) is 20.6 Å². The lowest BCUT2D eigenvalue weighted by molar-refractivity contribution is -0.234. The largest absolute Gasteiger partial charge is 0.442 e. The van der Waals surface area contributed by atoms with Gasteiger partial charge in [0.15, 0.2) is 5.79 Å². The molecule has 3 aliphatic heterocycles. The third-order valence-corrected chi connectivity index (χ3v) is 4.12. The van der Waals surface area contributed by atoms with Crippen molar-refractivity contribution in [2.45, 2.75) is 62.9 Å². The van der Waals surface area contributed by atoms with Gasteiger partial charge < -0.3 is 18.9 Å². The number of fused-ring (bicyclic) bond motifs is 5. The van der Waals surface area contributed by atoms with Crippen LogP contribution >= 0.6 is 0 Å². The van der Waals surface area contributed by atoms with Crippen LogP contribution in [-0.4, -0.2) is 61.0 Å². The summed E-state index contributed by atoms with van der Waals surface area (Å²) in [4.78, 5) is 12.2. The molecule has 0 radical (unpaired) electrons. The quantitative estimate of drug-likeness (QED) is 0.722. The number of ether oxygens (including phenoxy) is 4. The van der Waals surface area contributed by atoms with Gasteiger partial charge in [0.25, 0.3) is 0 Å². The van der Waals surface area contributed by atoms with E-state index in [1.165, 1.54) is 5.01 Å². The Kier molecular flexibility index (Phi) is 3.23. The maximum atomic E-state index is 12.2. The third kappa shape index (κ3) is 2.13. The molecule has 0 aromatic heterocycles. The van der Waals surface area contributed by atoms with Crippen LogP contribution in [-0.2, 0) is 18.9 Å². The van der Waals surface area contributed by atoms with Crippen molar-refractivity contribution < 1.29 is 23.7 Å². The number of hydrogen-bond acceptors (Lipinski definition) is 7. The summed E-state index contributed by atoms with van der Waals surface area (Å²) in [6, 6.07) is -0.528. The molecule has 8 nitrogen and oxygen atoms in total. The monoisotopic (exact) mass is 299 g/mol. The smallest absolute Gasteiger partial charge is 0.432 e. The molecule has 2 saturated heterocycles. The Morgan fingerprint density at radius 1 is 1.33 bits per heavy atom. The van der Waals surface area contributed by atoms with E-state index in [1.807, 2.05) is 20.8 Å². The molecule has 2 bridgehead atoms. The fourth-order valence-corrected chi connectivity index (χ4v) is 3.23. The van der Waals surface area contributed by atoms with Crippen LogP contribution in [0.3, 0.4) is 0 Å². The molecule has 21 heavy (non-hydrogen) atoms. The van der Waals surface area contributed by atoms with E-state index in [1.54, 1.807) is 14.2 Å². The van der Waals surface area contributed by atoms with E-state index in [4.69, 9.17) is 18.9 Å². The van der Waals surface area contributed by atoms with E-state index >= 15 is 0 Å². The average molecular weight is 299 g/mol. The number of rotatable bonds is 2. The van der Waals surface area contributed by atoms with Crippen LogP contribution in [0.1, 0.15) is 27.2 Å². The number of carbonyl (C=O) groups is 1. The van der Waals surface area contributed by atoms with E-state index in [0.29, 0.717) is 6.42 Å². The van der Waals surface area contributed by atoms with Gasteiger partial charge in [-0.3, -0.25) is 0 Å². The van der Waals surface area contributed by atoms with Crippen molar-refractivity contribution in [3.63, 3.8) is 0 Å². The second kappa shape index (κ2) is 4.62. The van der Waals surface area contributed by atoms with Gasteiger partial charge in [0.2, 0.25) is 0 Å². The Morgan fingerprint density at radius 2 is 2.00 bits per heavy atom. The van der Waals surface area contributed by atoms with Crippen molar-refractivity contribution in [1.82, 2.24) is 5.01 Å². The van der Waals surface area contributed by atoms with Gasteiger partial charge in [0.05, 0.1) is 6.10 Å². The number of nitrogens with zero attached hydrogens (tertiary/aromatic N) is 3. The summed E-state index contributed by atoms with van der Waals surface area (Å²) in [6.45, 7) is 5.44. The first-order valence-corrected chi connectivity index (χ1v) is 7.00. The van der Waals surface area contributed by atoms with Crippen molar-refractivity contribution >= 4 is 6.09 Å². The van der Waals surface area contributed by atoms with Crippen LogP contribution in [0.25, 0.3) is 0 Å². The highest BCUT2D eigenvalue weighted by Crippen LogP contribution is 2.49. The Bertz CT molecular complexity index is 471. The zero-order valence-corrected chi connectivity index (χ0v) is 12.9. The fourth-order valence-electron chi connectivity index (χ4n) is 3.23. The van der Waals surface area contributed by atoms with Crippen LogP contribution in [0.2, 0.25) is 0 Å². The molecule has 118 valence electrons. The minimum absolute atomic E-state index is 0.220. The summed E-state index contributed by atoms with van der Waals surface area (Å²) in [6.07, 6.45) is -0.549. The first-order chi connectivity index (χ1) is 9.81. The first-order valence-electron chi connectivity index (χ1n) is 7.00. The minimum atomic E-state index is -0.811. The van der Waals surface area contributed by atoms with E-state index in [9.17, 15) is 4.79 Å². The summed E-state index contributed by atoms with van der Waals surface area (Å²) in [5, 5.41) is 9.43. The van der Waals surface area contributed by atoms with Crippen LogP contribution in [0.5, 0.6) is 0 Å². The van der Waals surface area contributed by atoms with Crippen LogP contribution in [0, 0.1) is 0 Å². The SMILES string of the molecule is COC1(OC)C[C@H]2O[C@@H]1[C@@H]1N=NN(C(=O)OC(C)(C)C)[C@@H]12. The molecule has 3 rings (SSSR count). The van der Waals surface area contributed by atoms with Crippen LogP contribution in [0.4, 0.5) is 4.79 Å². The zero-order valence-electron chi connectivity index (χ0n) is 12.9. The first kappa shape index (κ1) is 14.7. The molecule has 2 fully saturated rings. The van der Waals surface area contributed by atoms with Gasteiger partial charge in [0.1, 0.15) is 23.8 Å². The van der Waals surface area contributed by atoms with Crippen molar-refractivity contribution in [2.75, 3.05) is 14.2 Å². The lowest BCUT2D eigenvalue weighted by Crippen LogP contribution is -2.56. The number of amides is 1. The molecule has 0 aliphatic carbocycles. The Labute approximate surface area is 123 Å². The highest BCUT2D eigenvalue weighted by molar-refractivity contribution is 5.68. The summed E-state index contributed by atoms with van der Waals surface area (Å²) >= 11 is 0. The van der Waals surface area contributed by atoms with E-state index in [0.717, 1.165) is 0 Å². The summed E-state index contributed by atoms with van der Waals surface area (Å²) in [5.74, 6) is -0.811. The van der Waals surface area contributed by atoms with E-state index < -0.39 is 17.5 Å². The maximum Gasteiger partial charge on any atom is 0.432 e. The van der Waals surface area contributed by atoms with Gasteiger partial charge in [-0.1, -0.05) is 5.22 Å². The predicted molar refractivity (Wildman–Crippen MR) is 70.5 cm³/mol. The maximum absolute atomic E-state index is 12.2. The lowest BCUT2D eigenvalue weighted by Gasteiger charge is -2.36. The third-order valence-electron chi connectivity index (χ3n) is 4.12. The Hall–Kier alpha value is -1.25. The van der Waals surface area contributed by atoms with Gasteiger partial charge in [-0.2, -0.15) is 10.1 Å². The van der Waals surface area contributed by atoms with Crippen molar-refractivity contribution in [1.29, 1.82) is 0 Å². The number of methoxy groups -OCH3 is 2. The standard InChI is InChI=1S/C13H21N3O5/c1-12(2,3)21-11(17)16-9-7-6-13(18-4,19-5)10(20-7)8(9)14-15-16/h7-10H,6H2,1-5H3/t7-,8-,9-,10-/m1/s1. The second-order valence-electron chi connectivity index (χ2n) is 6.53. The molecule has 4 atom stereocenters. The second-order valence-corrected chi connectivity index (χ2v) is 6.53. The van der Waals surface area contributed by atoms with E-state index in [-0.39, 0.29) is 24.3 Å². The molecule has 0 aromatic rings. The molecule has 1 amide bonds. The molecule has 0 unspecified atom stereocenters. The summed E-state index contributed by atoms with van der Waals surface area (Å²) < 4.78 is 22.2. The molecule has 8 heteroatoms. The number of hydrogen-bond donors (Lipinski definition) is 0. The Morgan fingerprint density at radius 3 is 2.57 bits per heavy atom. The average Bonchev–Trinajstić information content (AvgIpc) is 3.06. The topological polar surface area (TPSA) is 82.0 Å². The molecule has 0 N–H and O–H groups in total. The zero-order chi connectivity index (χ0) is 15.4. The van der Waals surface area contributed by atoms with Gasteiger partial charge in [-0.25, -0.2) is 4.79 Å². The van der Waals surface area contributed by atoms with Crippen molar-refractivity contribution in [2.24, 2.45) is 10.3 Å². The molecule has 0 saturated carbocycles. The summed E-state index contributed by atoms with van der Waals surface area (Å²) in [5.41, 5.74) is -0.577. The fraction of sp³-hybridized carbons (Fsp3) is 0.923. The molecule has 0 aromatic carbocycles. The van der Waals surface area contributed by atoms with Gasteiger partial charge in [-0.15, -0.1) is 0 Å². The van der Waals surface area contributed by atoms with Crippen molar-refractivity contribution in [3.05, 3.63) is 0 Å². The highest BCUT2D eigenvalue weighted by atomic mass is 16.7. The summed E-state index contributed by atoms with van der Waals surface area (Å²) in [7, 11) is 3.17. The lowest BCUT2D eigenvalue weighted by atomic mass is 9.86. The molecule has 0 spiro atoms. The minimum Gasteiger partial charge on any atom is -0.442 e. The number of carbonyl (C=O) groups excluding carboxylic acids is 1. The van der Waals surface area contributed by atoms with Crippen LogP contribution < -0.4 is 0 Å². The highest BCUT2D eigenvalue weighted by Gasteiger charge is 2.67. The van der Waals surface area contributed by atoms with Crippen molar-refractivity contribution in [3.8, 4) is 0 Å². The molecule has 3 aliphatic rings. The van der Waals surface area contributed by atoms with Crippen LogP contribution in [0.15, 0.2) is 10.3 Å². The molecular weight excluding hydrogens is 278 g/mol. The van der Waals surface area contributed by atoms with E-state index in [2.05, 4.69) is 10.3 Å². The normalized spacial score (nSPS) is 36.1. The predicted octanol–water partition coefficient (Wildman–Crippen LogP) is 1.50. The molecule has 3 heterocycles. The Balaban J connectivity index is 1.77. The van der Waals surface area contributed by atoms with Gasteiger partial charge in [-0.05, 0) is 20.8 Å². The van der Waals surface area contributed by atoms with Gasteiger partial charge >= 0.3 is 6.09 Å². The molecular formula is C13H21N3O5.